The largest absolute Gasteiger partial charge is 0.408 e. The van der Waals surface area contributed by atoms with Gasteiger partial charge in [-0.2, -0.15) is 13.2 Å². The quantitative estimate of drug-likeness (QED) is 0.679. The zero-order valence-electron chi connectivity index (χ0n) is 10.6. The lowest BCUT2D eigenvalue weighted by atomic mass is 10.1. The first-order chi connectivity index (χ1) is 8.54. The average Bonchev–Trinajstić information content (AvgIpc) is 2.33. The smallest absolute Gasteiger partial charge is 0.374 e. The molecule has 0 radical (unpaired) electrons. The van der Waals surface area contributed by atoms with E-state index in [0.717, 1.165) is 19.3 Å². The van der Waals surface area contributed by atoms with E-state index >= 15 is 0 Å². The van der Waals surface area contributed by atoms with E-state index in [9.17, 15) is 13.2 Å². The maximum absolute atomic E-state index is 12.9. The van der Waals surface area contributed by atoms with Crippen LogP contribution in [0.25, 0.3) is 0 Å². The summed E-state index contributed by atoms with van der Waals surface area (Å²) in [7, 11) is 0. The number of hydrogen-bond acceptors (Lipinski definition) is 1. The molecule has 0 spiro atoms. The van der Waals surface area contributed by atoms with Crippen molar-refractivity contribution in [2.24, 2.45) is 0 Å². The number of unbranched alkanes of at least 4 members (excludes halogenated alkanes) is 3. The van der Waals surface area contributed by atoms with Crippen molar-refractivity contribution >= 4 is 5.69 Å². The van der Waals surface area contributed by atoms with E-state index in [1.807, 2.05) is 6.92 Å². The zero-order chi connectivity index (χ0) is 13.4. The van der Waals surface area contributed by atoms with Crippen LogP contribution in [-0.4, -0.2) is 12.2 Å². The van der Waals surface area contributed by atoms with Gasteiger partial charge in [0.1, 0.15) is 6.04 Å². The first-order valence-corrected chi connectivity index (χ1v) is 6.42. The maximum Gasteiger partial charge on any atom is 0.408 e. The van der Waals surface area contributed by atoms with Gasteiger partial charge in [-0.15, -0.1) is 0 Å². The van der Waals surface area contributed by atoms with Gasteiger partial charge in [0.2, 0.25) is 0 Å². The number of anilines is 1. The molecule has 1 aromatic rings. The van der Waals surface area contributed by atoms with Crippen LogP contribution in [0, 0.1) is 0 Å². The number of hydrogen-bond donors (Lipinski definition) is 1. The van der Waals surface area contributed by atoms with Crippen LogP contribution < -0.4 is 5.32 Å². The van der Waals surface area contributed by atoms with Gasteiger partial charge in [0, 0.05) is 5.69 Å². The minimum atomic E-state index is -4.19. The molecule has 1 aromatic carbocycles. The molecule has 0 amide bonds. The van der Waals surface area contributed by atoms with Gasteiger partial charge in [-0.05, 0) is 18.6 Å². The Morgan fingerprint density at radius 3 is 2.28 bits per heavy atom. The lowest BCUT2D eigenvalue weighted by Gasteiger charge is -2.22. The Labute approximate surface area is 106 Å². The first-order valence-electron chi connectivity index (χ1n) is 6.42. The molecular formula is C14H20F3N. The highest BCUT2D eigenvalue weighted by Crippen LogP contribution is 2.27. The average molecular weight is 259 g/mol. The topological polar surface area (TPSA) is 12.0 Å². The molecule has 0 aliphatic rings. The molecular weight excluding hydrogens is 239 g/mol. The van der Waals surface area contributed by atoms with E-state index in [4.69, 9.17) is 0 Å². The number of halogens is 3. The fourth-order valence-corrected chi connectivity index (χ4v) is 1.83. The third-order valence-corrected chi connectivity index (χ3v) is 2.86. The molecule has 1 nitrogen and oxygen atoms in total. The summed E-state index contributed by atoms with van der Waals surface area (Å²) in [6.07, 6.45) is -0.559. The predicted octanol–water partition coefficient (Wildman–Crippen LogP) is 5.00. The molecule has 0 saturated heterocycles. The zero-order valence-corrected chi connectivity index (χ0v) is 10.6. The minimum Gasteiger partial charge on any atom is -0.374 e. The second-order valence-electron chi connectivity index (χ2n) is 4.45. The van der Waals surface area contributed by atoms with Crippen LogP contribution in [-0.2, 0) is 0 Å². The molecule has 0 saturated carbocycles. The van der Waals surface area contributed by atoms with Crippen LogP contribution in [0.15, 0.2) is 30.3 Å². The van der Waals surface area contributed by atoms with Gasteiger partial charge in [-0.1, -0.05) is 50.8 Å². The third-order valence-electron chi connectivity index (χ3n) is 2.86. The molecule has 1 rings (SSSR count). The van der Waals surface area contributed by atoms with Crippen LogP contribution in [0.2, 0.25) is 0 Å². The van der Waals surface area contributed by atoms with E-state index in [-0.39, 0.29) is 6.42 Å². The van der Waals surface area contributed by atoms with E-state index in [2.05, 4.69) is 5.32 Å². The monoisotopic (exact) mass is 259 g/mol. The summed E-state index contributed by atoms with van der Waals surface area (Å²) >= 11 is 0. The molecule has 4 heteroatoms. The predicted molar refractivity (Wildman–Crippen MR) is 68.7 cm³/mol. The van der Waals surface area contributed by atoms with Gasteiger partial charge < -0.3 is 5.32 Å². The molecule has 0 aromatic heterocycles. The van der Waals surface area contributed by atoms with Crippen LogP contribution in [0.3, 0.4) is 0 Å². The van der Waals surface area contributed by atoms with Crippen molar-refractivity contribution in [3.8, 4) is 0 Å². The summed E-state index contributed by atoms with van der Waals surface area (Å²) in [5, 5.41) is 2.57. The Morgan fingerprint density at radius 2 is 1.72 bits per heavy atom. The van der Waals surface area contributed by atoms with Crippen LogP contribution in [0.4, 0.5) is 18.9 Å². The number of para-hydroxylation sites is 1. The molecule has 102 valence electrons. The van der Waals surface area contributed by atoms with Crippen LogP contribution in [0.1, 0.15) is 39.0 Å². The fraction of sp³-hybridized carbons (Fsp3) is 0.571. The second-order valence-corrected chi connectivity index (χ2v) is 4.45. The summed E-state index contributed by atoms with van der Waals surface area (Å²) in [6.45, 7) is 2.05. The van der Waals surface area contributed by atoms with Gasteiger partial charge >= 0.3 is 6.18 Å². The van der Waals surface area contributed by atoms with Crippen molar-refractivity contribution in [1.82, 2.24) is 0 Å². The summed E-state index contributed by atoms with van der Waals surface area (Å²) < 4.78 is 38.6. The van der Waals surface area contributed by atoms with Crippen LogP contribution in [0.5, 0.6) is 0 Å². The van der Waals surface area contributed by atoms with Gasteiger partial charge in [0.05, 0.1) is 0 Å². The van der Waals surface area contributed by atoms with Crippen molar-refractivity contribution < 1.29 is 13.2 Å². The fourth-order valence-electron chi connectivity index (χ4n) is 1.83. The summed E-state index contributed by atoms with van der Waals surface area (Å²) in [5.74, 6) is 0. The molecule has 0 fully saturated rings. The van der Waals surface area contributed by atoms with Gasteiger partial charge in [0.15, 0.2) is 0 Å². The highest BCUT2D eigenvalue weighted by Gasteiger charge is 2.38. The van der Waals surface area contributed by atoms with E-state index < -0.39 is 12.2 Å². The Balaban J connectivity index is 2.51. The molecule has 0 bridgehead atoms. The molecule has 1 N–H and O–H groups in total. The molecule has 0 heterocycles. The first kappa shape index (κ1) is 14.9. The number of nitrogens with one attached hydrogen (secondary N) is 1. The van der Waals surface area contributed by atoms with Crippen molar-refractivity contribution in [1.29, 1.82) is 0 Å². The van der Waals surface area contributed by atoms with E-state index in [1.165, 1.54) is 0 Å². The summed E-state index contributed by atoms with van der Waals surface area (Å²) in [6, 6.07) is 7.11. The van der Waals surface area contributed by atoms with Crippen molar-refractivity contribution in [3.05, 3.63) is 30.3 Å². The minimum absolute atomic E-state index is 0.137. The van der Waals surface area contributed by atoms with Crippen LogP contribution >= 0.6 is 0 Å². The van der Waals surface area contributed by atoms with Crippen molar-refractivity contribution in [2.45, 2.75) is 51.2 Å². The van der Waals surface area contributed by atoms with E-state index in [1.54, 1.807) is 30.3 Å². The molecule has 0 aliphatic heterocycles. The summed E-state index contributed by atoms with van der Waals surface area (Å²) in [5.41, 5.74) is 0.523. The Hall–Kier alpha value is -1.19. The lowest BCUT2D eigenvalue weighted by Crippen LogP contribution is -2.36. The maximum atomic E-state index is 12.9. The third kappa shape index (κ3) is 5.43. The SMILES string of the molecule is CCCCCCC(Nc1ccccc1)C(F)(F)F. The highest BCUT2D eigenvalue weighted by atomic mass is 19.4. The molecule has 1 atom stereocenters. The summed E-state index contributed by atoms with van der Waals surface area (Å²) in [4.78, 5) is 0. The van der Waals surface area contributed by atoms with Crippen molar-refractivity contribution in [3.63, 3.8) is 0 Å². The molecule has 18 heavy (non-hydrogen) atoms. The van der Waals surface area contributed by atoms with Crippen molar-refractivity contribution in [2.75, 3.05) is 5.32 Å². The van der Waals surface area contributed by atoms with Gasteiger partial charge in [-0.3, -0.25) is 0 Å². The Kier molecular flexibility index (Phi) is 6.02. The van der Waals surface area contributed by atoms with Gasteiger partial charge in [-0.25, -0.2) is 0 Å². The Bertz CT molecular complexity index is 322. The van der Waals surface area contributed by atoms with Gasteiger partial charge in [0.25, 0.3) is 0 Å². The molecule has 0 aliphatic carbocycles. The number of alkyl halides is 3. The molecule has 1 unspecified atom stereocenters. The highest BCUT2D eigenvalue weighted by molar-refractivity contribution is 5.43. The number of benzene rings is 1. The lowest BCUT2D eigenvalue weighted by molar-refractivity contribution is -0.144. The standard InChI is InChI=1S/C14H20F3N/c1-2-3-4-8-11-13(14(15,16)17)18-12-9-6-5-7-10-12/h5-7,9-10,13,18H,2-4,8,11H2,1H3. The second kappa shape index (κ2) is 7.29. The Morgan fingerprint density at radius 1 is 1.06 bits per heavy atom. The van der Waals surface area contributed by atoms with E-state index in [0.29, 0.717) is 12.1 Å². The normalized spacial score (nSPS) is 13.3. The number of rotatable bonds is 7.